The average molecular weight is 451 g/mol. The number of fused-ring (bicyclic) bond motifs is 1. The molecule has 0 atom stereocenters. The Bertz CT molecular complexity index is 1090. The van der Waals surface area contributed by atoms with E-state index < -0.39 is 0 Å². The first-order valence-corrected chi connectivity index (χ1v) is 12.5. The normalized spacial score (nSPS) is 18.4. The van der Waals surface area contributed by atoms with Gasteiger partial charge >= 0.3 is 0 Å². The number of rotatable bonds is 4. The highest BCUT2D eigenvalue weighted by Crippen LogP contribution is 2.30. The number of pyridine rings is 1. The smallest absolute Gasteiger partial charge is 0.257 e. The minimum absolute atomic E-state index is 0.0954. The quantitative estimate of drug-likeness (QED) is 0.598. The molecule has 2 amide bonds. The molecule has 0 saturated carbocycles. The summed E-state index contributed by atoms with van der Waals surface area (Å²) in [4.78, 5) is 30.9. The monoisotopic (exact) mass is 450 g/mol. The van der Waals surface area contributed by atoms with Crippen LogP contribution in [0, 0.1) is 5.92 Å². The maximum Gasteiger partial charge on any atom is 0.257 e. The number of aromatic nitrogens is 2. The lowest BCUT2D eigenvalue weighted by atomic mass is 9.89. The lowest BCUT2D eigenvalue weighted by molar-refractivity contribution is -0.131. The van der Waals surface area contributed by atoms with Crippen LogP contribution in [-0.4, -0.2) is 57.4 Å². The molecule has 0 aliphatic carbocycles. The fourth-order valence-corrected chi connectivity index (χ4v) is 5.63. The molecule has 2 aliphatic rings. The molecule has 3 aromatic rings. The topological polar surface area (TPSA) is 57.9 Å². The summed E-state index contributed by atoms with van der Waals surface area (Å²) < 4.78 is 1.81. The number of carbonyl (C=O) groups is 2. The molecule has 168 valence electrons. The summed E-state index contributed by atoms with van der Waals surface area (Å²) in [5.41, 5.74) is 2.83. The van der Waals surface area contributed by atoms with Gasteiger partial charge in [-0.05, 0) is 66.7 Å². The zero-order chi connectivity index (χ0) is 22.1. The van der Waals surface area contributed by atoms with Crippen molar-refractivity contribution in [3.63, 3.8) is 0 Å². The number of nitrogens with zero attached hydrogens (tertiary/aromatic N) is 4. The Balaban J connectivity index is 1.27. The second-order valence-electron chi connectivity index (χ2n) is 9.23. The highest BCUT2D eigenvalue weighted by atomic mass is 32.1. The van der Waals surface area contributed by atoms with Crippen molar-refractivity contribution >= 4 is 28.7 Å². The van der Waals surface area contributed by atoms with E-state index >= 15 is 0 Å². The summed E-state index contributed by atoms with van der Waals surface area (Å²) in [6.45, 7) is 5.49. The van der Waals surface area contributed by atoms with Crippen LogP contribution in [-0.2, 0) is 11.2 Å². The minimum Gasteiger partial charge on any atom is -0.342 e. The SMILES string of the molecule is CC1CCN(C(=O)c2cnn3ccc(C4CCN(C(=O)Cc5cccs5)CC4)cc23)CC1. The van der Waals surface area contributed by atoms with E-state index in [0.29, 0.717) is 23.8 Å². The van der Waals surface area contributed by atoms with Crippen LogP contribution in [0.1, 0.15) is 59.3 Å². The fourth-order valence-electron chi connectivity index (χ4n) is 4.93. The van der Waals surface area contributed by atoms with Crippen LogP contribution >= 0.6 is 11.3 Å². The lowest BCUT2D eigenvalue weighted by Gasteiger charge is -2.32. The molecule has 0 radical (unpaired) electrons. The number of likely N-dealkylation sites (tertiary alicyclic amines) is 2. The third-order valence-corrected chi connectivity index (χ3v) is 7.95. The molecule has 3 aromatic heterocycles. The summed E-state index contributed by atoms with van der Waals surface area (Å²) in [6.07, 6.45) is 8.23. The Morgan fingerprint density at radius 3 is 2.53 bits per heavy atom. The van der Waals surface area contributed by atoms with E-state index in [1.54, 1.807) is 17.5 Å². The summed E-state index contributed by atoms with van der Waals surface area (Å²) in [6, 6.07) is 8.28. The molecule has 5 heterocycles. The standard InChI is InChI=1S/C25H30N4O2S/c1-18-4-9-28(10-5-18)25(31)22-17-26-29-13-8-20(15-23(22)29)19-6-11-27(12-7-19)24(30)16-21-3-2-14-32-21/h2-3,8,13-15,17-19H,4-7,9-12,16H2,1H3. The fraction of sp³-hybridized carbons (Fsp3) is 0.480. The van der Waals surface area contributed by atoms with E-state index in [1.165, 1.54) is 5.56 Å². The van der Waals surface area contributed by atoms with Crippen LogP contribution < -0.4 is 0 Å². The van der Waals surface area contributed by atoms with Crippen LogP contribution in [0.2, 0.25) is 0 Å². The van der Waals surface area contributed by atoms with Crippen molar-refractivity contribution in [2.45, 2.75) is 44.9 Å². The van der Waals surface area contributed by atoms with Crippen molar-refractivity contribution in [2.24, 2.45) is 5.92 Å². The molecule has 2 saturated heterocycles. The Morgan fingerprint density at radius 2 is 1.81 bits per heavy atom. The highest BCUT2D eigenvalue weighted by Gasteiger charge is 2.26. The summed E-state index contributed by atoms with van der Waals surface area (Å²) in [5.74, 6) is 1.41. The molecule has 2 fully saturated rings. The molecule has 7 heteroatoms. The molecule has 0 unspecified atom stereocenters. The summed E-state index contributed by atoms with van der Waals surface area (Å²) >= 11 is 1.64. The van der Waals surface area contributed by atoms with Gasteiger partial charge in [0.05, 0.1) is 23.7 Å². The van der Waals surface area contributed by atoms with Crippen LogP contribution in [0.15, 0.2) is 42.0 Å². The molecule has 0 N–H and O–H groups in total. The van der Waals surface area contributed by atoms with E-state index in [-0.39, 0.29) is 11.8 Å². The first-order chi connectivity index (χ1) is 15.6. The molecule has 0 aromatic carbocycles. The molecular weight excluding hydrogens is 420 g/mol. The zero-order valence-corrected chi connectivity index (χ0v) is 19.4. The lowest BCUT2D eigenvalue weighted by Crippen LogP contribution is -2.38. The Kier molecular flexibility index (Phi) is 6.00. The molecule has 6 nitrogen and oxygen atoms in total. The van der Waals surface area contributed by atoms with Crippen molar-refractivity contribution < 1.29 is 9.59 Å². The Labute approximate surface area is 192 Å². The first-order valence-electron chi connectivity index (χ1n) is 11.6. The summed E-state index contributed by atoms with van der Waals surface area (Å²) in [7, 11) is 0. The third-order valence-electron chi connectivity index (χ3n) is 7.07. The van der Waals surface area contributed by atoms with Crippen molar-refractivity contribution in [2.75, 3.05) is 26.2 Å². The van der Waals surface area contributed by atoms with E-state index in [9.17, 15) is 9.59 Å². The van der Waals surface area contributed by atoms with E-state index in [0.717, 1.165) is 62.3 Å². The van der Waals surface area contributed by atoms with Gasteiger partial charge < -0.3 is 9.80 Å². The Morgan fingerprint density at radius 1 is 1.06 bits per heavy atom. The summed E-state index contributed by atoms with van der Waals surface area (Å²) in [5, 5.41) is 6.44. The number of carbonyl (C=O) groups excluding carboxylic acids is 2. The van der Waals surface area contributed by atoms with Gasteiger partial charge in [-0.15, -0.1) is 11.3 Å². The predicted octanol–water partition coefficient (Wildman–Crippen LogP) is 4.22. The number of hydrogen-bond donors (Lipinski definition) is 0. The van der Waals surface area contributed by atoms with Crippen LogP contribution in [0.5, 0.6) is 0 Å². The molecule has 5 rings (SSSR count). The first kappa shape index (κ1) is 21.2. The average Bonchev–Trinajstić information content (AvgIpc) is 3.48. The molecule has 2 aliphatic heterocycles. The van der Waals surface area contributed by atoms with Crippen molar-refractivity contribution in [3.8, 4) is 0 Å². The second kappa shape index (κ2) is 9.06. The largest absolute Gasteiger partial charge is 0.342 e. The van der Waals surface area contributed by atoms with Gasteiger partial charge in [-0.25, -0.2) is 4.52 Å². The Hall–Kier alpha value is -2.67. The van der Waals surface area contributed by atoms with Gasteiger partial charge in [0.1, 0.15) is 0 Å². The van der Waals surface area contributed by atoms with Gasteiger partial charge in [0.15, 0.2) is 0 Å². The van der Waals surface area contributed by atoms with E-state index in [4.69, 9.17) is 0 Å². The van der Waals surface area contributed by atoms with Gasteiger partial charge in [0.2, 0.25) is 5.91 Å². The number of hydrogen-bond acceptors (Lipinski definition) is 4. The minimum atomic E-state index is 0.0954. The maximum atomic E-state index is 13.1. The van der Waals surface area contributed by atoms with Crippen LogP contribution in [0.4, 0.5) is 0 Å². The number of piperidine rings is 2. The van der Waals surface area contributed by atoms with Crippen LogP contribution in [0.25, 0.3) is 5.52 Å². The second-order valence-corrected chi connectivity index (χ2v) is 10.3. The van der Waals surface area contributed by atoms with Gasteiger partial charge in [0, 0.05) is 37.3 Å². The molecular formula is C25H30N4O2S. The van der Waals surface area contributed by atoms with Crippen molar-refractivity contribution in [1.29, 1.82) is 0 Å². The van der Waals surface area contributed by atoms with E-state index in [2.05, 4.69) is 24.2 Å². The van der Waals surface area contributed by atoms with Crippen LogP contribution in [0.3, 0.4) is 0 Å². The highest BCUT2D eigenvalue weighted by molar-refractivity contribution is 7.10. The van der Waals surface area contributed by atoms with Gasteiger partial charge in [-0.1, -0.05) is 13.0 Å². The van der Waals surface area contributed by atoms with Crippen molar-refractivity contribution in [3.05, 3.63) is 58.0 Å². The zero-order valence-electron chi connectivity index (χ0n) is 18.6. The van der Waals surface area contributed by atoms with Gasteiger partial charge in [-0.3, -0.25) is 9.59 Å². The van der Waals surface area contributed by atoms with E-state index in [1.807, 2.05) is 38.0 Å². The number of amides is 2. The molecule has 0 spiro atoms. The predicted molar refractivity (Wildman–Crippen MR) is 126 cm³/mol. The van der Waals surface area contributed by atoms with Gasteiger partial charge in [0.25, 0.3) is 5.91 Å². The maximum absolute atomic E-state index is 13.1. The van der Waals surface area contributed by atoms with Crippen molar-refractivity contribution in [1.82, 2.24) is 19.4 Å². The third kappa shape index (κ3) is 4.31. The van der Waals surface area contributed by atoms with Gasteiger partial charge in [-0.2, -0.15) is 5.10 Å². The molecule has 32 heavy (non-hydrogen) atoms. The molecule has 0 bridgehead atoms. The number of thiophene rings is 1.